The second-order valence-corrected chi connectivity index (χ2v) is 4.24. The highest BCUT2D eigenvalue weighted by Crippen LogP contribution is 2.23. The Bertz CT molecular complexity index is 306. The molecule has 0 aromatic heterocycles. The van der Waals surface area contributed by atoms with Crippen molar-refractivity contribution in [1.82, 2.24) is 4.90 Å². The molecule has 0 fully saturated rings. The van der Waals surface area contributed by atoms with Crippen LogP contribution in [0.25, 0.3) is 0 Å². The molecule has 0 bridgehead atoms. The van der Waals surface area contributed by atoms with Crippen molar-refractivity contribution in [1.29, 1.82) is 0 Å². The summed E-state index contributed by atoms with van der Waals surface area (Å²) in [6, 6.07) is 9.63. The lowest BCUT2D eigenvalue weighted by Crippen LogP contribution is -2.36. The summed E-state index contributed by atoms with van der Waals surface area (Å²) in [5.41, 5.74) is 3.12. The molecule has 1 aliphatic rings. The van der Waals surface area contributed by atoms with Gasteiger partial charge in [-0.25, -0.2) is 0 Å². The van der Waals surface area contributed by atoms with Crippen LogP contribution in [0.15, 0.2) is 24.3 Å². The Kier molecular flexibility index (Phi) is 2.87. The molecule has 0 radical (unpaired) electrons. The standard InChI is InChI=1S/C13H19N/c1-3-14(2)13-9-8-11-6-4-5-7-12(11)10-13/h4-7,13H,3,8-10H2,1-2H3. The normalized spacial score (nSPS) is 20.9. The van der Waals surface area contributed by atoms with E-state index in [1.165, 1.54) is 19.3 Å². The summed E-state index contributed by atoms with van der Waals surface area (Å²) >= 11 is 0. The van der Waals surface area contributed by atoms with Gasteiger partial charge in [-0.2, -0.15) is 0 Å². The number of hydrogen-bond acceptors (Lipinski definition) is 1. The Labute approximate surface area is 86.7 Å². The largest absolute Gasteiger partial charge is 0.303 e. The minimum atomic E-state index is 0.759. The zero-order chi connectivity index (χ0) is 9.97. The first kappa shape index (κ1) is 9.72. The number of fused-ring (bicyclic) bond motifs is 1. The number of benzene rings is 1. The van der Waals surface area contributed by atoms with Gasteiger partial charge < -0.3 is 4.90 Å². The van der Waals surface area contributed by atoms with Crippen molar-refractivity contribution in [2.75, 3.05) is 13.6 Å². The van der Waals surface area contributed by atoms with Gasteiger partial charge in [-0.3, -0.25) is 0 Å². The Morgan fingerprint density at radius 1 is 1.29 bits per heavy atom. The third-order valence-corrected chi connectivity index (χ3v) is 3.44. The minimum absolute atomic E-state index is 0.759. The van der Waals surface area contributed by atoms with E-state index in [0.717, 1.165) is 12.6 Å². The summed E-state index contributed by atoms with van der Waals surface area (Å²) in [7, 11) is 2.23. The fourth-order valence-electron chi connectivity index (χ4n) is 2.31. The molecule has 0 spiro atoms. The SMILES string of the molecule is CCN(C)C1CCc2ccccc2C1. The monoisotopic (exact) mass is 189 g/mol. The van der Waals surface area contributed by atoms with Gasteiger partial charge in [-0.15, -0.1) is 0 Å². The van der Waals surface area contributed by atoms with E-state index in [9.17, 15) is 0 Å². The van der Waals surface area contributed by atoms with E-state index < -0.39 is 0 Å². The number of hydrogen-bond donors (Lipinski definition) is 0. The van der Waals surface area contributed by atoms with Crippen LogP contribution in [-0.2, 0) is 12.8 Å². The maximum absolute atomic E-state index is 2.47. The zero-order valence-corrected chi connectivity index (χ0v) is 9.16. The molecule has 0 amide bonds. The summed E-state index contributed by atoms with van der Waals surface area (Å²) in [5, 5.41) is 0. The Balaban J connectivity index is 2.13. The predicted molar refractivity (Wildman–Crippen MR) is 60.6 cm³/mol. The van der Waals surface area contributed by atoms with Crippen molar-refractivity contribution in [3.63, 3.8) is 0 Å². The van der Waals surface area contributed by atoms with Gasteiger partial charge in [-0.1, -0.05) is 31.2 Å². The van der Waals surface area contributed by atoms with Crippen molar-refractivity contribution in [2.24, 2.45) is 0 Å². The molecule has 1 aromatic carbocycles. The molecule has 14 heavy (non-hydrogen) atoms. The van der Waals surface area contributed by atoms with Gasteiger partial charge in [0.25, 0.3) is 0 Å². The lowest BCUT2D eigenvalue weighted by molar-refractivity contribution is 0.233. The van der Waals surface area contributed by atoms with Crippen molar-refractivity contribution >= 4 is 0 Å². The fourth-order valence-corrected chi connectivity index (χ4v) is 2.31. The molecule has 2 rings (SSSR count). The summed E-state index contributed by atoms with van der Waals surface area (Å²) in [6.45, 7) is 3.40. The molecule has 1 atom stereocenters. The third-order valence-electron chi connectivity index (χ3n) is 3.44. The Hall–Kier alpha value is -0.820. The first-order valence-corrected chi connectivity index (χ1v) is 5.58. The van der Waals surface area contributed by atoms with Crippen molar-refractivity contribution in [2.45, 2.75) is 32.2 Å². The van der Waals surface area contributed by atoms with E-state index in [4.69, 9.17) is 0 Å². The van der Waals surface area contributed by atoms with Crippen LogP contribution in [-0.4, -0.2) is 24.5 Å². The molecule has 0 N–H and O–H groups in total. The van der Waals surface area contributed by atoms with Crippen LogP contribution in [0.3, 0.4) is 0 Å². The molecule has 0 aliphatic heterocycles. The van der Waals surface area contributed by atoms with Crippen LogP contribution >= 0.6 is 0 Å². The van der Waals surface area contributed by atoms with Crippen molar-refractivity contribution in [3.05, 3.63) is 35.4 Å². The van der Waals surface area contributed by atoms with Gasteiger partial charge in [-0.05, 0) is 44.0 Å². The van der Waals surface area contributed by atoms with Crippen LogP contribution in [0.4, 0.5) is 0 Å². The van der Waals surface area contributed by atoms with E-state index in [2.05, 4.69) is 43.1 Å². The highest BCUT2D eigenvalue weighted by Gasteiger charge is 2.20. The second kappa shape index (κ2) is 4.14. The lowest BCUT2D eigenvalue weighted by Gasteiger charge is -2.31. The molecule has 1 unspecified atom stereocenters. The van der Waals surface area contributed by atoms with Gasteiger partial charge in [0.2, 0.25) is 0 Å². The topological polar surface area (TPSA) is 3.24 Å². The number of likely N-dealkylation sites (N-methyl/N-ethyl adjacent to an activating group) is 1. The predicted octanol–water partition coefficient (Wildman–Crippen LogP) is 2.50. The smallest absolute Gasteiger partial charge is 0.0136 e. The van der Waals surface area contributed by atoms with E-state index in [0.29, 0.717) is 0 Å². The van der Waals surface area contributed by atoms with Gasteiger partial charge in [0.15, 0.2) is 0 Å². The van der Waals surface area contributed by atoms with Gasteiger partial charge in [0, 0.05) is 6.04 Å². The quantitative estimate of drug-likeness (QED) is 0.691. The molecule has 0 saturated heterocycles. The first-order chi connectivity index (χ1) is 6.81. The van der Waals surface area contributed by atoms with E-state index in [1.54, 1.807) is 11.1 Å². The molecule has 0 saturated carbocycles. The fraction of sp³-hybridized carbons (Fsp3) is 0.538. The molecule has 1 aliphatic carbocycles. The van der Waals surface area contributed by atoms with E-state index in [-0.39, 0.29) is 0 Å². The maximum Gasteiger partial charge on any atom is 0.0136 e. The highest BCUT2D eigenvalue weighted by molar-refractivity contribution is 5.30. The van der Waals surface area contributed by atoms with Gasteiger partial charge in [0.05, 0.1) is 0 Å². The summed E-state index contributed by atoms with van der Waals surface area (Å²) in [5.74, 6) is 0. The number of nitrogens with zero attached hydrogens (tertiary/aromatic N) is 1. The van der Waals surface area contributed by atoms with Gasteiger partial charge >= 0.3 is 0 Å². The average molecular weight is 189 g/mol. The van der Waals surface area contributed by atoms with Crippen molar-refractivity contribution < 1.29 is 0 Å². The third kappa shape index (κ3) is 1.83. The molecule has 0 heterocycles. The van der Waals surface area contributed by atoms with Crippen LogP contribution in [0.1, 0.15) is 24.5 Å². The lowest BCUT2D eigenvalue weighted by atomic mass is 9.88. The van der Waals surface area contributed by atoms with Crippen LogP contribution in [0.2, 0.25) is 0 Å². The maximum atomic E-state index is 2.47. The first-order valence-electron chi connectivity index (χ1n) is 5.58. The van der Waals surface area contributed by atoms with Gasteiger partial charge in [0.1, 0.15) is 0 Å². The molecule has 76 valence electrons. The summed E-state index contributed by atoms with van der Waals surface area (Å²) in [6.07, 6.45) is 3.81. The van der Waals surface area contributed by atoms with E-state index >= 15 is 0 Å². The zero-order valence-electron chi connectivity index (χ0n) is 9.16. The summed E-state index contributed by atoms with van der Waals surface area (Å²) in [4.78, 5) is 2.47. The van der Waals surface area contributed by atoms with Crippen LogP contribution < -0.4 is 0 Å². The number of aryl methyl sites for hydroxylation is 1. The van der Waals surface area contributed by atoms with Crippen molar-refractivity contribution in [3.8, 4) is 0 Å². The van der Waals surface area contributed by atoms with Crippen LogP contribution in [0.5, 0.6) is 0 Å². The second-order valence-electron chi connectivity index (χ2n) is 4.24. The highest BCUT2D eigenvalue weighted by atomic mass is 15.1. The molecule has 1 heteroatoms. The average Bonchev–Trinajstić information content (AvgIpc) is 2.27. The molecular weight excluding hydrogens is 170 g/mol. The van der Waals surface area contributed by atoms with E-state index in [1.807, 2.05) is 0 Å². The number of rotatable bonds is 2. The molecule has 1 aromatic rings. The Morgan fingerprint density at radius 2 is 2.00 bits per heavy atom. The Morgan fingerprint density at radius 3 is 2.71 bits per heavy atom. The summed E-state index contributed by atoms with van der Waals surface area (Å²) < 4.78 is 0. The minimum Gasteiger partial charge on any atom is -0.303 e. The molecule has 1 nitrogen and oxygen atoms in total. The molecular formula is C13H19N. The van der Waals surface area contributed by atoms with Crippen LogP contribution in [0, 0.1) is 0 Å².